The lowest BCUT2D eigenvalue weighted by Crippen LogP contribution is -2.39. The van der Waals surface area contributed by atoms with Gasteiger partial charge in [-0.05, 0) is 52.9 Å². The van der Waals surface area contributed by atoms with Crippen molar-refractivity contribution < 1.29 is 17.9 Å². The van der Waals surface area contributed by atoms with Gasteiger partial charge in [-0.3, -0.25) is 4.90 Å². The van der Waals surface area contributed by atoms with E-state index < -0.39 is 10.0 Å². The number of carbonyl (C=O) groups excluding carboxylic acids is 1. The number of urea groups is 1. The molecular weight excluding hydrogens is 450 g/mol. The Labute approximate surface area is 202 Å². The van der Waals surface area contributed by atoms with Crippen molar-refractivity contribution in [1.29, 1.82) is 0 Å². The van der Waals surface area contributed by atoms with Crippen molar-refractivity contribution in [3.8, 4) is 5.75 Å². The number of nitrogens with one attached hydrogen (secondary N) is 2. The van der Waals surface area contributed by atoms with Gasteiger partial charge < -0.3 is 10.1 Å². The molecule has 3 aromatic carbocycles. The Morgan fingerprint density at radius 3 is 2.47 bits per heavy atom. The fourth-order valence-electron chi connectivity index (χ4n) is 3.56. The van der Waals surface area contributed by atoms with Crippen LogP contribution in [0.1, 0.15) is 31.7 Å². The van der Waals surface area contributed by atoms with E-state index in [0.29, 0.717) is 26.1 Å². The smallest absolute Gasteiger partial charge is 0.321 e. The lowest BCUT2D eigenvalue weighted by molar-refractivity contribution is 0.243. The molecule has 0 aliphatic rings. The van der Waals surface area contributed by atoms with Gasteiger partial charge in [0.2, 0.25) is 10.0 Å². The van der Waals surface area contributed by atoms with E-state index in [1.165, 1.54) is 0 Å². The minimum absolute atomic E-state index is 0.0598. The quantitative estimate of drug-likeness (QED) is 0.393. The predicted octanol–water partition coefficient (Wildman–Crippen LogP) is 4.50. The number of para-hydroxylation sites is 1. The summed E-state index contributed by atoms with van der Waals surface area (Å²) >= 11 is 0. The van der Waals surface area contributed by atoms with Crippen molar-refractivity contribution in [3.63, 3.8) is 0 Å². The Hall–Kier alpha value is -3.10. The minimum atomic E-state index is -3.21. The number of fused-ring (bicyclic) bond motifs is 1. The molecule has 0 aliphatic carbocycles. The third-order valence-electron chi connectivity index (χ3n) is 5.58. The van der Waals surface area contributed by atoms with Crippen LogP contribution in [-0.2, 0) is 10.0 Å². The summed E-state index contributed by atoms with van der Waals surface area (Å²) in [6, 6.07) is 21.2. The molecule has 3 rings (SSSR count). The molecule has 0 bridgehead atoms. The van der Waals surface area contributed by atoms with Crippen molar-refractivity contribution >= 4 is 32.5 Å². The van der Waals surface area contributed by atoms with E-state index in [2.05, 4.69) is 16.1 Å². The van der Waals surface area contributed by atoms with Gasteiger partial charge in [-0.15, -0.1) is 0 Å². The van der Waals surface area contributed by atoms with Crippen LogP contribution in [0.5, 0.6) is 5.75 Å². The van der Waals surface area contributed by atoms with Crippen LogP contribution in [0.3, 0.4) is 0 Å². The number of nitrogens with zero attached hydrogens (tertiary/aromatic N) is 1. The second-order valence-electron chi connectivity index (χ2n) is 8.31. The van der Waals surface area contributed by atoms with E-state index in [1.54, 1.807) is 11.9 Å². The number of benzene rings is 3. The highest BCUT2D eigenvalue weighted by molar-refractivity contribution is 7.89. The molecule has 0 aromatic heterocycles. The van der Waals surface area contributed by atoms with Crippen molar-refractivity contribution in [2.75, 3.05) is 37.4 Å². The van der Waals surface area contributed by atoms with E-state index in [0.717, 1.165) is 27.8 Å². The average Bonchev–Trinajstić information content (AvgIpc) is 2.84. The third kappa shape index (κ3) is 7.20. The standard InChI is InChI=1S/C26H33N3O4S/c1-4-16-34(31,32)28-19-20(2)21-10-11-23-18-25(13-12-22(23)17-21)33-15-14-27-26(30)29(3)24-8-6-5-7-9-24/h5-13,17-18,20,28H,4,14-16,19H2,1-3H3,(H,27,30). The highest BCUT2D eigenvalue weighted by Crippen LogP contribution is 2.25. The maximum absolute atomic E-state index is 12.3. The molecule has 0 saturated carbocycles. The highest BCUT2D eigenvalue weighted by Gasteiger charge is 2.13. The largest absolute Gasteiger partial charge is 0.492 e. The zero-order valence-electron chi connectivity index (χ0n) is 20.0. The number of ether oxygens (including phenoxy) is 1. The molecule has 1 unspecified atom stereocenters. The third-order valence-corrected chi connectivity index (χ3v) is 7.13. The fraction of sp³-hybridized carbons (Fsp3) is 0.346. The highest BCUT2D eigenvalue weighted by atomic mass is 32.2. The van der Waals surface area contributed by atoms with E-state index >= 15 is 0 Å². The zero-order chi connectivity index (χ0) is 24.6. The molecule has 0 aliphatic heterocycles. The Kier molecular flexibility index (Phi) is 8.90. The van der Waals surface area contributed by atoms with Gasteiger partial charge in [0.25, 0.3) is 0 Å². The lowest BCUT2D eigenvalue weighted by Gasteiger charge is -2.18. The summed E-state index contributed by atoms with van der Waals surface area (Å²) in [6.45, 7) is 4.98. The van der Waals surface area contributed by atoms with Crippen molar-refractivity contribution in [3.05, 3.63) is 72.3 Å². The second-order valence-corrected chi connectivity index (χ2v) is 10.2. The predicted molar refractivity (Wildman–Crippen MR) is 138 cm³/mol. The monoisotopic (exact) mass is 483 g/mol. The average molecular weight is 484 g/mol. The van der Waals surface area contributed by atoms with Crippen molar-refractivity contribution in [2.24, 2.45) is 0 Å². The summed E-state index contributed by atoms with van der Waals surface area (Å²) in [4.78, 5) is 13.8. The van der Waals surface area contributed by atoms with E-state index in [9.17, 15) is 13.2 Å². The van der Waals surface area contributed by atoms with Crippen LogP contribution in [0.25, 0.3) is 10.8 Å². The molecule has 1 atom stereocenters. The first-order valence-electron chi connectivity index (χ1n) is 11.5. The number of amides is 2. The molecule has 0 saturated heterocycles. The van der Waals surface area contributed by atoms with Crippen LogP contribution in [0, 0.1) is 0 Å². The number of carbonyl (C=O) groups is 1. The molecule has 182 valence electrons. The molecule has 0 heterocycles. The summed E-state index contributed by atoms with van der Waals surface area (Å²) in [5.74, 6) is 0.934. The molecule has 3 aromatic rings. The van der Waals surface area contributed by atoms with Gasteiger partial charge in [0.05, 0.1) is 12.3 Å². The van der Waals surface area contributed by atoms with E-state index in [1.807, 2.05) is 74.5 Å². The Balaban J connectivity index is 1.51. The number of sulfonamides is 1. The van der Waals surface area contributed by atoms with Gasteiger partial charge in [-0.25, -0.2) is 17.9 Å². The lowest BCUT2D eigenvalue weighted by atomic mass is 9.98. The zero-order valence-corrected chi connectivity index (χ0v) is 20.8. The van der Waals surface area contributed by atoms with Gasteiger partial charge in [-0.1, -0.05) is 56.3 Å². The van der Waals surface area contributed by atoms with Gasteiger partial charge in [-0.2, -0.15) is 0 Å². The molecule has 0 spiro atoms. The number of hydrogen-bond donors (Lipinski definition) is 2. The van der Waals surface area contributed by atoms with Gasteiger partial charge in [0, 0.05) is 19.3 Å². The molecular formula is C26H33N3O4S. The first kappa shape index (κ1) is 25.5. The summed E-state index contributed by atoms with van der Waals surface area (Å²) in [6.07, 6.45) is 0.598. The summed E-state index contributed by atoms with van der Waals surface area (Å²) in [5, 5.41) is 4.95. The topological polar surface area (TPSA) is 87.7 Å². The van der Waals surface area contributed by atoms with Crippen LogP contribution in [0.4, 0.5) is 10.5 Å². The second kappa shape index (κ2) is 11.9. The van der Waals surface area contributed by atoms with Gasteiger partial charge >= 0.3 is 6.03 Å². The summed E-state index contributed by atoms with van der Waals surface area (Å²) in [7, 11) is -1.49. The molecule has 2 N–H and O–H groups in total. The van der Waals surface area contributed by atoms with Crippen LogP contribution in [0.15, 0.2) is 66.7 Å². The summed E-state index contributed by atoms with van der Waals surface area (Å²) in [5.41, 5.74) is 1.90. The molecule has 7 nitrogen and oxygen atoms in total. The molecule has 2 amide bonds. The minimum Gasteiger partial charge on any atom is -0.492 e. The number of rotatable bonds is 11. The SMILES string of the molecule is CCCS(=O)(=O)NCC(C)c1ccc2cc(OCCNC(=O)N(C)c3ccccc3)ccc2c1. The molecule has 0 fully saturated rings. The number of hydrogen-bond acceptors (Lipinski definition) is 4. The van der Waals surface area contributed by atoms with E-state index in [4.69, 9.17) is 4.74 Å². The first-order chi connectivity index (χ1) is 16.3. The van der Waals surface area contributed by atoms with Gasteiger partial charge in [0.1, 0.15) is 12.4 Å². The van der Waals surface area contributed by atoms with Crippen LogP contribution < -0.4 is 19.7 Å². The Morgan fingerprint density at radius 2 is 1.74 bits per heavy atom. The van der Waals surface area contributed by atoms with E-state index in [-0.39, 0.29) is 17.7 Å². The molecule has 0 radical (unpaired) electrons. The van der Waals surface area contributed by atoms with Crippen molar-refractivity contribution in [2.45, 2.75) is 26.2 Å². The molecule has 34 heavy (non-hydrogen) atoms. The van der Waals surface area contributed by atoms with Crippen LogP contribution in [-0.4, -0.2) is 46.9 Å². The fourth-order valence-corrected chi connectivity index (χ4v) is 4.75. The maximum atomic E-state index is 12.3. The van der Waals surface area contributed by atoms with Gasteiger partial charge in [0.15, 0.2) is 0 Å². The normalized spacial score (nSPS) is 12.3. The first-order valence-corrected chi connectivity index (χ1v) is 13.1. The Bertz CT molecular complexity index is 1200. The van der Waals surface area contributed by atoms with Crippen LogP contribution in [0.2, 0.25) is 0 Å². The number of anilines is 1. The van der Waals surface area contributed by atoms with Crippen LogP contribution >= 0.6 is 0 Å². The van der Waals surface area contributed by atoms with Crippen molar-refractivity contribution in [1.82, 2.24) is 10.0 Å². The summed E-state index contributed by atoms with van der Waals surface area (Å²) < 4.78 is 32.3. The maximum Gasteiger partial charge on any atom is 0.321 e. The molecule has 8 heteroatoms. The Morgan fingerprint density at radius 1 is 1.03 bits per heavy atom.